The molecule has 0 saturated carbocycles. The van der Waals surface area contributed by atoms with Crippen LogP contribution in [0.15, 0.2) is 217 Å². The van der Waals surface area contributed by atoms with Crippen LogP contribution in [0.2, 0.25) is 0 Å². The highest BCUT2D eigenvalue weighted by Crippen LogP contribution is 2.46. The minimum absolute atomic E-state index is 0.522. The zero-order valence-electron chi connectivity index (χ0n) is 36.3. The number of hydrogen-bond donors (Lipinski definition) is 0. The second kappa shape index (κ2) is 14.3. The van der Waals surface area contributed by atoms with Gasteiger partial charge in [-0.2, -0.15) is 0 Å². The first kappa shape index (κ1) is 37.3. The minimum atomic E-state index is 0.522. The van der Waals surface area contributed by atoms with Gasteiger partial charge in [-0.05, 0) is 83.6 Å². The number of furan rings is 1. The van der Waals surface area contributed by atoms with Gasteiger partial charge in [-0.15, -0.1) is 11.3 Å². The molecule has 0 unspecified atom stereocenters. The molecule has 15 aromatic rings. The van der Waals surface area contributed by atoms with Crippen molar-refractivity contribution in [3.8, 4) is 45.5 Å². The first-order valence-electron chi connectivity index (χ1n) is 22.9. The Morgan fingerprint density at radius 1 is 0.382 bits per heavy atom. The SMILES string of the molecule is c1ccc(-n2c3ccccc3c3cccc(-c4nc(-c5c(-n6c7ccccc7c7cc8ccccc8cc76)ccc6c5oc5ccccc56)nc(-c5cccc6c5sc5ccccc56)n4)c32)cc1. The maximum Gasteiger partial charge on any atom is 0.170 e. The first-order chi connectivity index (χ1) is 33.7. The van der Waals surface area contributed by atoms with Crippen LogP contribution in [0.1, 0.15) is 0 Å². The van der Waals surface area contributed by atoms with Crippen LogP contribution >= 0.6 is 11.3 Å². The molecule has 0 aliphatic carbocycles. The van der Waals surface area contributed by atoms with E-state index >= 15 is 0 Å². The van der Waals surface area contributed by atoms with Crippen LogP contribution in [-0.4, -0.2) is 24.1 Å². The maximum atomic E-state index is 7.04. The van der Waals surface area contributed by atoms with Crippen molar-refractivity contribution < 1.29 is 4.42 Å². The number of hydrogen-bond acceptors (Lipinski definition) is 5. The molecule has 0 amide bonds. The van der Waals surface area contributed by atoms with Gasteiger partial charge in [0.15, 0.2) is 17.5 Å². The Morgan fingerprint density at radius 3 is 1.81 bits per heavy atom. The maximum absolute atomic E-state index is 7.04. The molecule has 6 nitrogen and oxygen atoms in total. The standard InChI is InChI=1S/C61H35N5OS/c1-2-18-38(19-3-1)65-49-28-10-6-20-39(49)43-24-14-26-46(56(43)65)59-62-60(47-27-15-25-45-42-23-9-13-31-54(42)68-58(45)47)64-61(63-59)55-51(33-32-44-41-22-8-12-30-53(41)67-57(44)55)66-50-29-11-7-21-40(50)48-34-36-16-4-5-17-37(36)35-52(48)66/h1-35H. The summed E-state index contributed by atoms with van der Waals surface area (Å²) in [5.74, 6) is 1.68. The first-order valence-corrected chi connectivity index (χ1v) is 23.7. The fourth-order valence-electron chi connectivity index (χ4n) is 10.8. The highest BCUT2D eigenvalue weighted by Gasteiger charge is 2.27. The molecule has 5 heterocycles. The fourth-order valence-corrected chi connectivity index (χ4v) is 12.0. The third-order valence-electron chi connectivity index (χ3n) is 13.8. The van der Waals surface area contributed by atoms with Gasteiger partial charge in [-0.25, -0.2) is 15.0 Å². The molecule has 0 N–H and O–H groups in total. The van der Waals surface area contributed by atoms with E-state index in [0.717, 1.165) is 92.9 Å². The van der Waals surface area contributed by atoms with Gasteiger partial charge in [0.2, 0.25) is 0 Å². The Bertz CT molecular complexity index is 4580. The monoisotopic (exact) mass is 885 g/mol. The summed E-state index contributed by atoms with van der Waals surface area (Å²) in [5.41, 5.74) is 10.4. The molecular weight excluding hydrogens is 851 g/mol. The van der Waals surface area contributed by atoms with Gasteiger partial charge >= 0.3 is 0 Å². The Morgan fingerprint density at radius 2 is 0.985 bits per heavy atom. The average molecular weight is 886 g/mol. The number of para-hydroxylation sites is 5. The second-order valence-electron chi connectivity index (χ2n) is 17.5. The average Bonchev–Trinajstić information content (AvgIpc) is 4.15. The number of fused-ring (bicyclic) bond motifs is 13. The smallest absolute Gasteiger partial charge is 0.170 e. The van der Waals surface area contributed by atoms with E-state index in [1.54, 1.807) is 11.3 Å². The summed E-state index contributed by atoms with van der Waals surface area (Å²) in [6, 6.07) is 75.4. The number of thiophene rings is 1. The van der Waals surface area contributed by atoms with Crippen molar-refractivity contribution in [2.24, 2.45) is 0 Å². The van der Waals surface area contributed by atoms with Crippen LogP contribution in [0.4, 0.5) is 0 Å². The molecule has 68 heavy (non-hydrogen) atoms. The fraction of sp³-hybridized carbons (Fsp3) is 0. The lowest BCUT2D eigenvalue weighted by Crippen LogP contribution is -2.05. The lowest BCUT2D eigenvalue weighted by Gasteiger charge is -2.16. The predicted molar refractivity (Wildman–Crippen MR) is 282 cm³/mol. The van der Waals surface area contributed by atoms with E-state index in [2.05, 4.69) is 209 Å². The largest absolute Gasteiger partial charge is 0.455 e. The van der Waals surface area contributed by atoms with Crippen molar-refractivity contribution in [1.82, 2.24) is 24.1 Å². The summed E-state index contributed by atoms with van der Waals surface area (Å²) in [4.78, 5) is 16.9. The van der Waals surface area contributed by atoms with Crippen LogP contribution < -0.4 is 0 Å². The molecule has 0 radical (unpaired) electrons. The number of benzene rings is 10. The molecule has 7 heteroatoms. The van der Waals surface area contributed by atoms with Gasteiger partial charge in [0.05, 0.1) is 33.3 Å². The topological polar surface area (TPSA) is 61.7 Å². The number of rotatable bonds is 5. The molecular formula is C61H35N5OS. The van der Waals surface area contributed by atoms with Crippen LogP contribution in [0.5, 0.6) is 0 Å². The van der Waals surface area contributed by atoms with E-state index in [0.29, 0.717) is 17.5 Å². The number of aromatic nitrogens is 5. The molecule has 0 bridgehead atoms. The summed E-state index contributed by atoms with van der Waals surface area (Å²) in [5, 5.41) is 11.4. The lowest BCUT2D eigenvalue weighted by atomic mass is 10.0. The molecule has 0 saturated heterocycles. The summed E-state index contributed by atoms with van der Waals surface area (Å²) in [6.07, 6.45) is 0. The molecule has 0 spiro atoms. The van der Waals surface area contributed by atoms with Gasteiger partial charge in [0.1, 0.15) is 11.2 Å². The minimum Gasteiger partial charge on any atom is -0.455 e. The van der Waals surface area contributed by atoms with E-state index in [1.165, 1.54) is 31.6 Å². The van der Waals surface area contributed by atoms with E-state index in [-0.39, 0.29) is 0 Å². The van der Waals surface area contributed by atoms with Gasteiger partial charge < -0.3 is 13.6 Å². The van der Waals surface area contributed by atoms with Crippen molar-refractivity contribution in [1.29, 1.82) is 0 Å². The van der Waals surface area contributed by atoms with E-state index in [1.807, 2.05) is 12.1 Å². The quantitative estimate of drug-likeness (QED) is 0.173. The van der Waals surface area contributed by atoms with Crippen molar-refractivity contribution in [3.05, 3.63) is 212 Å². The summed E-state index contributed by atoms with van der Waals surface area (Å²) >= 11 is 1.77. The van der Waals surface area contributed by atoms with E-state index < -0.39 is 0 Å². The molecule has 15 rings (SSSR count). The highest BCUT2D eigenvalue weighted by atomic mass is 32.1. The van der Waals surface area contributed by atoms with Crippen molar-refractivity contribution in [2.75, 3.05) is 0 Å². The molecule has 0 fully saturated rings. The molecule has 0 aliphatic rings. The van der Waals surface area contributed by atoms with Crippen molar-refractivity contribution in [3.63, 3.8) is 0 Å². The lowest BCUT2D eigenvalue weighted by molar-refractivity contribution is 0.669. The van der Waals surface area contributed by atoms with Crippen LogP contribution in [0.3, 0.4) is 0 Å². The van der Waals surface area contributed by atoms with Crippen LogP contribution in [-0.2, 0) is 0 Å². The third kappa shape index (κ3) is 5.36. The van der Waals surface area contributed by atoms with Gasteiger partial charge in [-0.1, -0.05) is 140 Å². The third-order valence-corrected chi connectivity index (χ3v) is 15.0. The van der Waals surface area contributed by atoms with Crippen LogP contribution in [0.25, 0.3) is 142 Å². The normalized spacial score (nSPS) is 12.1. The van der Waals surface area contributed by atoms with Crippen molar-refractivity contribution >= 4 is 108 Å². The van der Waals surface area contributed by atoms with Gasteiger partial charge in [0.25, 0.3) is 0 Å². The number of nitrogens with zero attached hydrogens (tertiary/aromatic N) is 5. The Labute approximate surface area is 392 Å². The van der Waals surface area contributed by atoms with E-state index in [4.69, 9.17) is 19.4 Å². The van der Waals surface area contributed by atoms with E-state index in [9.17, 15) is 0 Å². The zero-order chi connectivity index (χ0) is 44.5. The molecule has 0 atom stereocenters. The van der Waals surface area contributed by atoms with Crippen molar-refractivity contribution in [2.45, 2.75) is 0 Å². The van der Waals surface area contributed by atoms with Crippen LogP contribution in [0, 0.1) is 0 Å². The summed E-state index contributed by atoms with van der Waals surface area (Å²) < 4.78 is 14.1. The Hall–Kier alpha value is -8.91. The predicted octanol–water partition coefficient (Wildman–Crippen LogP) is 16.5. The molecule has 5 aromatic heterocycles. The van der Waals surface area contributed by atoms with Gasteiger partial charge in [0, 0.05) is 69.3 Å². The zero-order valence-corrected chi connectivity index (χ0v) is 37.1. The molecule has 316 valence electrons. The summed E-state index contributed by atoms with van der Waals surface area (Å²) in [6.45, 7) is 0. The summed E-state index contributed by atoms with van der Waals surface area (Å²) in [7, 11) is 0. The second-order valence-corrected chi connectivity index (χ2v) is 18.5. The Kier molecular flexibility index (Phi) is 7.85. The van der Waals surface area contributed by atoms with Gasteiger partial charge in [-0.3, -0.25) is 0 Å². The Balaban J connectivity index is 1.11. The molecule has 10 aromatic carbocycles. The molecule has 0 aliphatic heterocycles. The highest BCUT2D eigenvalue weighted by molar-refractivity contribution is 7.26.